The molecule has 1 N–H and O–H groups in total. The molecule has 0 aliphatic carbocycles. The second kappa shape index (κ2) is 5.54. The third-order valence-corrected chi connectivity index (χ3v) is 1.88. The Morgan fingerprint density at radius 1 is 1.57 bits per heavy atom. The lowest BCUT2D eigenvalue weighted by Gasteiger charge is -2.13. The molecule has 0 saturated heterocycles. The fourth-order valence-electron chi connectivity index (χ4n) is 1.08. The van der Waals surface area contributed by atoms with E-state index in [0.29, 0.717) is 12.4 Å². The van der Waals surface area contributed by atoms with Crippen LogP contribution >= 0.6 is 0 Å². The van der Waals surface area contributed by atoms with Crippen molar-refractivity contribution in [3.63, 3.8) is 0 Å². The number of methoxy groups -OCH3 is 1. The molecular weight excluding hydrogens is 183 g/mol. The van der Waals surface area contributed by atoms with Crippen molar-refractivity contribution in [1.82, 2.24) is 4.98 Å². The normalized spacial score (nSPS) is 12.5. The molecule has 1 aromatic rings. The van der Waals surface area contributed by atoms with Gasteiger partial charge in [-0.15, -0.1) is 0 Å². The van der Waals surface area contributed by atoms with Gasteiger partial charge in [-0.25, -0.2) is 9.37 Å². The molecular formula is C10H15FN2O. The van der Waals surface area contributed by atoms with E-state index in [1.165, 1.54) is 12.3 Å². The topological polar surface area (TPSA) is 34.1 Å². The van der Waals surface area contributed by atoms with Crippen LogP contribution in [0.4, 0.5) is 10.2 Å². The molecule has 1 atom stereocenters. The molecule has 0 radical (unpaired) electrons. The van der Waals surface area contributed by atoms with Crippen molar-refractivity contribution in [2.75, 3.05) is 19.0 Å². The van der Waals surface area contributed by atoms with E-state index in [2.05, 4.69) is 10.3 Å². The van der Waals surface area contributed by atoms with Gasteiger partial charge in [-0.2, -0.15) is 0 Å². The number of hydrogen-bond acceptors (Lipinski definition) is 3. The lowest BCUT2D eigenvalue weighted by Crippen LogP contribution is -2.17. The maximum atomic E-state index is 12.5. The predicted octanol–water partition coefficient (Wildman–Crippen LogP) is 2.06. The summed E-state index contributed by atoms with van der Waals surface area (Å²) in [5, 5.41) is 3.15. The molecule has 0 spiro atoms. The zero-order chi connectivity index (χ0) is 10.4. The number of nitrogens with one attached hydrogen (secondary N) is 1. The number of nitrogens with zero attached hydrogens (tertiary/aromatic N) is 1. The van der Waals surface area contributed by atoms with Crippen LogP contribution in [0.5, 0.6) is 0 Å². The fraction of sp³-hybridized carbons (Fsp3) is 0.500. The molecule has 78 valence electrons. The van der Waals surface area contributed by atoms with E-state index in [1.807, 2.05) is 6.92 Å². The lowest BCUT2D eigenvalue weighted by molar-refractivity contribution is 0.191. The first-order chi connectivity index (χ1) is 6.72. The molecule has 0 aromatic carbocycles. The van der Waals surface area contributed by atoms with Gasteiger partial charge in [0.05, 0.1) is 6.20 Å². The van der Waals surface area contributed by atoms with Crippen LogP contribution in [0.15, 0.2) is 18.3 Å². The third-order valence-electron chi connectivity index (χ3n) is 1.88. The number of rotatable bonds is 5. The SMILES string of the molecule is COCCC(C)Nc1ccc(F)cn1. The standard InChI is InChI=1S/C10H15FN2O/c1-8(5-6-14-2)13-10-4-3-9(11)7-12-10/h3-4,7-8H,5-6H2,1-2H3,(H,12,13). The molecule has 0 amide bonds. The molecule has 3 nitrogen and oxygen atoms in total. The molecule has 4 heteroatoms. The maximum Gasteiger partial charge on any atom is 0.141 e. The number of anilines is 1. The van der Waals surface area contributed by atoms with Crippen LogP contribution in [0.25, 0.3) is 0 Å². The van der Waals surface area contributed by atoms with Gasteiger partial charge in [0.25, 0.3) is 0 Å². The van der Waals surface area contributed by atoms with Gasteiger partial charge in [-0.1, -0.05) is 0 Å². The average molecular weight is 198 g/mol. The molecule has 0 fully saturated rings. The monoisotopic (exact) mass is 198 g/mol. The zero-order valence-corrected chi connectivity index (χ0v) is 8.46. The minimum atomic E-state index is -0.319. The highest BCUT2D eigenvalue weighted by Crippen LogP contribution is 2.06. The number of pyridine rings is 1. The molecule has 0 bridgehead atoms. The molecule has 1 heterocycles. The van der Waals surface area contributed by atoms with Gasteiger partial charge in [0.15, 0.2) is 0 Å². The predicted molar refractivity (Wildman–Crippen MR) is 53.8 cm³/mol. The van der Waals surface area contributed by atoms with E-state index in [9.17, 15) is 4.39 Å². The number of hydrogen-bond donors (Lipinski definition) is 1. The number of ether oxygens (including phenoxy) is 1. The summed E-state index contributed by atoms with van der Waals surface area (Å²) >= 11 is 0. The highest BCUT2D eigenvalue weighted by molar-refractivity contribution is 5.34. The third kappa shape index (κ3) is 3.70. The van der Waals surface area contributed by atoms with E-state index in [4.69, 9.17) is 4.74 Å². The van der Waals surface area contributed by atoms with Crippen LogP contribution in [0.3, 0.4) is 0 Å². The molecule has 0 aliphatic rings. The Morgan fingerprint density at radius 2 is 2.36 bits per heavy atom. The molecule has 1 rings (SSSR count). The van der Waals surface area contributed by atoms with Crippen molar-refractivity contribution in [3.05, 3.63) is 24.1 Å². The number of aromatic nitrogens is 1. The van der Waals surface area contributed by atoms with Crippen molar-refractivity contribution in [1.29, 1.82) is 0 Å². The largest absolute Gasteiger partial charge is 0.385 e. The number of halogens is 1. The minimum absolute atomic E-state index is 0.271. The molecule has 1 unspecified atom stereocenters. The Balaban J connectivity index is 2.39. The van der Waals surface area contributed by atoms with Crippen LogP contribution in [0.1, 0.15) is 13.3 Å². The van der Waals surface area contributed by atoms with Crippen LogP contribution in [-0.2, 0) is 4.74 Å². The lowest BCUT2D eigenvalue weighted by atomic mass is 10.2. The maximum absolute atomic E-state index is 12.5. The second-order valence-corrected chi connectivity index (χ2v) is 3.19. The summed E-state index contributed by atoms with van der Waals surface area (Å²) in [4.78, 5) is 3.90. The quantitative estimate of drug-likeness (QED) is 0.786. The van der Waals surface area contributed by atoms with Crippen LogP contribution in [-0.4, -0.2) is 24.7 Å². The van der Waals surface area contributed by atoms with Crippen LogP contribution in [0, 0.1) is 5.82 Å². The minimum Gasteiger partial charge on any atom is -0.385 e. The Bertz CT molecular complexity index is 263. The van der Waals surface area contributed by atoms with Crippen molar-refractivity contribution in [3.8, 4) is 0 Å². The van der Waals surface area contributed by atoms with Crippen LogP contribution < -0.4 is 5.32 Å². The van der Waals surface area contributed by atoms with Gasteiger partial charge in [-0.05, 0) is 25.5 Å². The smallest absolute Gasteiger partial charge is 0.141 e. The summed E-state index contributed by atoms with van der Waals surface area (Å²) in [6.45, 7) is 2.74. The highest BCUT2D eigenvalue weighted by atomic mass is 19.1. The summed E-state index contributed by atoms with van der Waals surface area (Å²) in [7, 11) is 1.67. The summed E-state index contributed by atoms with van der Waals surface area (Å²) < 4.78 is 17.5. The summed E-state index contributed by atoms with van der Waals surface area (Å²) in [5.74, 6) is 0.370. The van der Waals surface area contributed by atoms with Gasteiger partial charge in [0.1, 0.15) is 11.6 Å². The van der Waals surface area contributed by atoms with E-state index in [-0.39, 0.29) is 11.9 Å². The Labute approximate surface area is 83.3 Å². The van der Waals surface area contributed by atoms with Crippen molar-refractivity contribution in [2.45, 2.75) is 19.4 Å². The summed E-state index contributed by atoms with van der Waals surface area (Å²) in [5.41, 5.74) is 0. The first-order valence-corrected chi connectivity index (χ1v) is 4.59. The van der Waals surface area contributed by atoms with Crippen molar-refractivity contribution < 1.29 is 9.13 Å². The van der Waals surface area contributed by atoms with E-state index in [1.54, 1.807) is 13.2 Å². The fourth-order valence-corrected chi connectivity index (χ4v) is 1.08. The first kappa shape index (κ1) is 10.9. The molecule has 1 aromatic heterocycles. The van der Waals surface area contributed by atoms with E-state index >= 15 is 0 Å². The van der Waals surface area contributed by atoms with Gasteiger partial charge >= 0.3 is 0 Å². The highest BCUT2D eigenvalue weighted by Gasteiger charge is 2.02. The van der Waals surface area contributed by atoms with E-state index < -0.39 is 0 Å². The van der Waals surface area contributed by atoms with E-state index in [0.717, 1.165) is 6.42 Å². The van der Waals surface area contributed by atoms with Crippen LogP contribution in [0.2, 0.25) is 0 Å². The molecule has 0 saturated carbocycles. The summed E-state index contributed by atoms with van der Waals surface area (Å²) in [6.07, 6.45) is 2.10. The van der Waals surface area contributed by atoms with Crippen molar-refractivity contribution >= 4 is 5.82 Å². The molecule has 0 aliphatic heterocycles. The summed E-state index contributed by atoms with van der Waals surface area (Å²) in [6, 6.07) is 3.28. The Morgan fingerprint density at radius 3 is 2.93 bits per heavy atom. The Hall–Kier alpha value is -1.16. The Kier molecular flexibility index (Phi) is 4.32. The average Bonchev–Trinajstić information content (AvgIpc) is 2.18. The first-order valence-electron chi connectivity index (χ1n) is 4.59. The van der Waals surface area contributed by atoms with Gasteiger partial charge < -0.3 is 10.1 Å². The van der Waals surface area contributed by atoms with Gasteiger partial charge in [0.2, 0.25) is 0 Å². The second-order valence-electron chi connectivity index (χ2n) is 3.19. The zero-order valence-electron chi connectivity index (χ0n) is 8.46. The van der Waals surface area contributed by atoms with Gasteiger partial charge in [0, 0.05) is 19.8 Å². The molecule has 14 heavy (non-hydrogen) atoms. The van der Waals surface area contributed by atoms with Gasteiger partial charge in [-0.3, -0.25) is 0 Å². The van der Waals surface area contributed by atoms with Crippen molar-refractivity contribution in [2.24, 2.45) is 0 Å².